The molecule has 1 saturated carbocycles. The van der Waals surface area contributed by atoms with E-state index in [1.54, 1.807) is 18.2 Å². The van der Waals surface area contributed by atoms with Crippen LogP contribution in [0.5, 0.6) is 0 Å². The fraction of sp³-hybridized carbons (Fsp3) is 0.632. The van der Waals surface area contributed by atoms with Gasteiger partial charge in [0.05, 0.1) is 4.90 Å². The maximum Gasteiger partial charge on any atom is 0.253 e. The Bertz CT molecular complexity index is 733. The fourth-order valence-corrected chi connectivity index (χ4v) is 5.37. The van der Waals surface area contributed by atoms with Crippen molar-refractivity contribution in [3.05, 3.63) is 29.8 Å². The molecule has 0 aromatic heterocycles. The van der Waals surface area contributed by atoms with E-state index in [1.807, 2.05) is 11.9 Å². The summed E-state index contributed by atoms with van der Waals surface area (Å²) in [7, 11) is -1.66. The number of likely N-dealkylation sites (tertiary alicyclic amines) is 1. The number of nitrogens with one attached hydrogen (secondary N) is 2. The summed E-state index contributed by atoms with van der Waals surface area (Å²) in [6, 6.07) is 6.46. The van der Waals surface area contributed by atoms with Gasteiger partial charge < -0.3 is 10.2 Å². The van der Waals surface area contributed by atoms with E-state index in [1.165, 1.54) is 6.07 Å². The van der Waals surface area contributed by atoms with Gasteiger partial charge in [0.15, 0.2) is 0 Å². The van der Waals surface area contributed by atoms with E-state index in [2.05, 4.69) is 10.0 Å². The lowest BCUT2D eigenvalue weighted by atomic mass is 9.97. The van der Waals surface area contributed by atoms with Crippen LogP contribution in [0.25, 0.3) is 0 Å². The van der Waals surface area contributed by atoms with Gasteiger partial charge in [-0.25, -0.2) is 13.1 Å². The summed E-state index contributed by atoms with van der Waals surface area (Å²) in [5.74, 6) is 0.373. The summed E-state index contributed by atoms with van der Waals surface area (Å²) in [4.78, 5) is 14.9. The van der Waals surface area contributed by atoms with E-state index in [9.17, 15) is 13.2 Å². The molecule has 1 amide bonds. The minimum absolute atomic E-state index is 0. The molecule has 1 aromatic carbocycles. The normalized spacial score (nSPS) is 21.1. The minimum Gasteiger partial charge on any atom is -0.338 e. The number of piperidine rings is 1. The van der Waals surface area contributed by atoms with Crippen molar-refractivity contribution < 1.29 is 13.2 Å². The monoisotopic (exact) mass is 415 g/mol. The standard InChI is InChI=1S/C19H29N3O3S.ClH/c1-20-13-15-6-5-11-22(14-15)19(23)16-7-4-10-18(12-16)26(24,25)21-17-8-2-3-9-17;/h4,7,10,12,15,17,20-21H,2-3,5-6,8-9,11,13-14H2,1H3;1H. The molecular formula is C19H30ClN3O3S. The van der Waals surface area contributed by atoms with E-state index in [-0.39, 0.29) is 29.3 Å². The lowest BCUT2D eigenvalue weighted by molar-refractivity contribution is 0.0674. The van der Waals surface area contributed by atoms with Crippen LogP contribution in [0.2, 0.25) is 0 Å². The molecule has 2 fully saturated rings. The van der Waals surface area contributed by atoms with Crippen LogP contribution in [-0.2, 0) is 10.0 Å². The number of hydrogen-bond acceptors (Lipinski definition) is 4. The van der Waals surface area contributed by atoms with Crippen molar-refractivity contribution in [2.24, 2.45) is 5.92 Å². The first-order valence-corrected chi connectivity index (χ1v) is 11.0. The molecular weight excluding hydrogens is 386 g/mol. The van der Waals surface area contributed by atoms with Crippen molar-refractivity contribution in [3.8, 4) is 0 Å². The smallest absolute Gasteiger partial charge is 0.253 e. The highest BCUT2D eigenvalue weighted by Gasteiger charge is 2.26. The number of carbonyl (C=O) groups excluding carboxylic acids is 1. The lowest BCUT2D eigenvalue weighted by Crippen LogP contribution is -2.42. The van der Waals surface area contributed by atoms with Gasteiger partial charge in [-0.2, -0.15) is 0 Å². The van der Waals surface area contributed by atoms with Gasteiger partial charge in [0.25, 0.3) is 5.91 Å². The molecule has 1 aliphatic heterocycles. The molecule has 6 nitrogen and oxygen atoms in total. The summed E-state index contributed by atoms with van der Waals surface area (Å²) in [6.07, 6.45) is 6.00. The molecule has 27 heavy (non-hydrogen) atoms. The Kier molecular flexibility index (Phi) is 8.09. The van der Waals surface area contributed by atoms with Crippen molar-refractivity contribution in [2.75, 3.05) is 26.7 Å². The average Bonchev–Trinajstić information content (AvgIpc) is 3.14. The van der Waals surface area contributed by atoms with Gasteiger partial charge in [0.2, 0.25) is 10.0 Å². The van der Waals surface area contributed by atoms with Gasteiger partial charge in [-0.3, -0.25) is 4.79 Å². The molecule has 1 saturated heterocycles. The highest BCUT2D eigenvalue weighted by atomic mass is 35.5. The molecule has 1 aliphatic carbocycles. The molecule has 2 N–H and O–H groups in total. The molecule has 1 unspecified atom stereocenters. The van der Waals surface area contributed by atoms with Crippen molar-refractivity contribution in [2.45, 2.75) is 49.5 Å². The Morgan fingerprint density at radius 1 is 1.19 bits per heavy atom. The van der Waals surface area contributed by atoms with Crippen molar-refractivity contribution >= 4 is 28.3 Å². The van der Waals surface area contributed by atoms with Gasteiger partial charge in [0, 0.05) is 24.7 Å². The van der Waals surface area contributed by atoms with Crippen LogP contribution in [0.1, 0.15) is 48.9 Å². The van der Waals surface area contributed by atoms with Crippen LogP contribution in [0.15, 0.2) is 29.2 Å². The second kappa shape index (κ2) is 9.87. The third-order valence-electron chi connectivity index (χ3n) is 5.37. The number of rotatable bonds is 6. The number of halogens is 1. The van der Waals surface area contributed by atoms with Gasteiger partial charge in [0.1, 0.15) is 0 Å². The summed E-state index contributed by atoms with van der Waals surface area (Å²) in [6.45, 7) is 2.34. The first-order valence-electron chi connectivity index (χ1n) is 9.56. The predicted molar refractivity (Wildman–Crippen MR) is 109 cm³/mol. The van der Waals surface area contributed by atoms with Gasteiger partial charge in [-0.05, 0) is 63.4 Å². The average molecular weight is 416 g/mol. The number of hydrogen-bond donors (Lipinski definition) is 2. The predicted octanol–water partition coefficient (Wildman–Crippen LogP) is 2.40. The lowest BCUT2D eigenvalue weighted by Gasteiger charge is -2.32. The molecule has 152 valence electrons. The second-order valence-electron chi connectivity index (χ2n) is 7.45. The van der Waals surface area contributed by atoms with E-state index < -0.39 is 10.0 Å². The molecule has 3 rings (SSSR count). The van der Waals surface area contributed by atoms with E-state index in [4.69, 9.17) is 0 Å². The molecule has 2 aliphatic rings. The van der Waals surface area contributed by atoms with Crippen molar-refractivity contribution in [1.29, 1.82) is 0 Å². The third-order valence-corrected chi connectivity index (χ3v) is 6.89. The van der Waals surface area contributed by atoms with Crippen LogP contribution in [-0.4, -0.2) is 51.9 Å². The van der Waals surface area contributed by atoms with E-state index >= 15 is 0 Å². The zero-order chi connectivity index (χ0) is 18.6. The Morgan fingerprint density at radius 3 is 2.63 bits per heavy atom. The molecule has 1 heterocycles. The molecule has 1 aromatic rings. The quantitative estimate of drug-likeness (QED) is 0.747. The highest BCUT2D eigenvalue weighted by Crippen LogP contribution is 2.22. The zero-order valence-electron chi connectivity index (χ0n) is 15.8. The van der Waals surface area contributed by atoms with Crippen molar-refractivity contribution in [1.82, 2.24) is 14.9 Å². The van der Waals surface area contributed by atoms with Crippen LogP contribution in [0, 0.1) is 5.92 Å². The minimum atomic E-state index is -3.58. The number of sulfonamides is 1. The maximum atomic E-state index is 12.9. The van der Waals surface area contributed by atoms with Gasteiger partial charge in [-0.1, -0.05) is 18.9 Å². The van der Waals surface area contributed by atoms with Crippen LogP contribution in [0.3, 0.4) is 0 Å². The Hall–Kier alpha value is -1.15. The largest absolute Gasteiger partial charge is 0.338 e. The van der Waals surface area contributed by atoms with E-state index in [0.717, 1.165) is 58.2 Å². The van der Waals surface area contributed by atoms with Gasteiger partial charge >= 0.3 is 0 Å². The maximum absolute atomic E-state index is 12.9. The number of benzene rings is 1. The fourth-order valence-electron chi connectivity index (χ4n) is 4.01. The first kappa shape index (κ1) is 22.1. The SMILES string of the molecule is CNCC1CCCN(C(=O)c2cccc(S(=O)(=O)NC3CCCC3)c2)C1.Cl. The Labute approximate surface area is 168 Å². The summed E-state index contributed by atoms with van der Waals surface area (Å²) < 4.78 is 28.0. The molecule has 0 spiro atoms. The first-order chi connectivity index (χ1) is 12.5. The number of amides is 1. The highest BCUT2D eigenvalue weighted by molar-refractivity contribution is 7.89. The summed E-state index contributed by atoms with van der Waals surface area (Å²) in [5, 5.41) is 3.17. The topological polar surface area (TPSA) is 78.5 Å². The van der Waals surface area contributed by atoms with E-state index in [0.29, 0.717) is 11.5 Å². The number of nitrogens with zero attached hydrogens (tertiary/aromatic N) is 1. The zero-order valence-corrected chi connectivity index (χ0v) is 17.4. The Balaban J connectivity index is 0.00000261. The summed E-state index contributed by atoms with van der Waals surface area (Å²) in [5.41, 5.74) is 0.449. The molecule has 1 atom stereocenters. The van der Waals surface area contributed by atoms with Crippen molar-refractivity contribution in [3.63, 3.8) is 0 Å². The van der Waals surface area contributed by atoms with Crippen LogP contribution < -0.4 is 10.0 Å². The van der Waals surface area contributed by atoms with Crippen LogP contribution in [0.4, 0.5) is 0 Å². The molecule has 0 radical (unpaired) electrons. The number of carbonyl (C=O) groups is 1. The second-order valence-corrected chi connectivity index (χ2v) is 9.16. The van der Waals surface area contributed by atoms with Gasteiger partial charge in [-0.15, -0.1) is 12.4 Å². The third kappa shape index (κ3) is 5.67. The Morgan fingerprint density at radius 2 is 1.93 bits per heavy atom. The summed E-state index contributed by atoms with van der Waals surface area (Å²) >= 11 is 0. The van der Waals surface area contributed by atoms with Crippen LogP contribution >= 0.6 is 12.4 Å². The molecule has 8 heteroatoms. The molecule has 0 bridgehead atoms.